The minimum Gasteiger partial charge on any atom is -0.327 e. The number of amidine groups is 1. The third kappa shape index (κ3) is 0.952. The molecular weight excluding hydrogens is 145 g/mol. The lowest BCUT2D eigenvalue weighted by Gasteiger charge is -2.17. The molecule has 0 bridgehead atoms. The van der Waals surface area contributed by atoms with Crippen LogP contribution in [0.1, 0.15) is 0 Å². The fourth-order valence-electron chi connectivity index (χ4n) is 1.12. The fourth-order valence-corrected chi connectivity index (χ4v) is 1.12. The van der Waals surface area contributed by atoms with Crippen LogP contribution in [0.3, 0.4) is 0 Å². The predicted octanol–water partition coefficient (Wildman–Crippen LogP) is 0.527. The zero-order valence-electron chi connectivity index (χ0n) is 6.08. The third-order valence-corrected chi connectivity index (χ3v) is 1.58. The van der Waals surface area contributed by atoms with Gasteiger partial charge in [0, 0.05) is 13.2 Å². The Morgan fingerprint density at radius 1 is 1.82 bits per heavy atom. The van der Waals surface area contributed by atoms with Gasteiger partial charge in [-0.1, -0.05) is 4.90 Å². The molecule has 0 N–H and O–H groups in total. The van der Waals surface area contributed by atoms with Crippen molar-refractivity contribution >= 4 is 5.84 Å². The van der Waals surface area contributed by atoms with Crippen LogP contribution < -0.4 is 4.90 Å². The van der Waals surface area contributed by atoms with Gasteiger partial charge in [0.1, 0.15) is 0 Å². The molecule has 0 unspecified atom stereocenters. The topological polar surface area (TPSA) is 21.5 Å². The average Bonchev–Trinajstić information content (AvgIpc) is 2.34. The summed E-state index contributed by atoms with van der Waals surface area (Å²) in [6.45, 7) is 0.638. The van der Waals surface area contributed by atoms with Crippen molar-refractivity contribution in [3.63, 3.8) is 0 Å². The van der Waals surface area contributed by atoms with Gasteiger partial charge in [-0.15, -0.1) is 0 Å². The first-order valence-electron chi connectivity index (χ1n) is 3.28. The van der Waals surface area contributed by atoms with E-state index in [0.29, 0.717) is 12.5 Å². The number of fused-ring (bicyclic) bond motifs is 1. The second-order valence-electron chi connectivity index (χ2n) is 2.54. The molecule has 0 spiro atoms. The van der Waals surface area contributed by atoms with Gasteiger partial charge >= 0.3 is 5.84 Å². The summed E-state index contributed by atoms with van der Waals surface area (Å²) in [6, 6.07) is 0. The van der Waals surface area contributed by atoms with E-state index >= 15 is 0 Å². The highest BCUT2D eigenvalue weighted by Gasteiger charge is 2.34. The minimum absolute atomic E-state index is 0.306. The molecule has 0 aromatic heterocycles. The Bertz CT molecular complexity index is 267. The fraction of sp³-hybridized carbons (Fsp3) is 0.286. The molecule has 2 aliphatic heterocycles. The molecule has 0 aromatic rings. The van der Waals surface area contributed by atoms with E-state index in [4.69, 9.17) is 0 Å². The van der Waals surface area contributed by atoms with Crippen molar-refractivity contribution in [2.45, 2.75) is 0 Å². The third-order valence-electron chi connectivity index (χ3n) is 1.58. The molecule has 0 fully saturated rings. The monoisotopic (exact) mass is 152 g/mol. The molecule has 4 heteroatoms. The highest BCUT2D eigenvalue weighted by atomic mass is 19.1. The van der Waals surface area contributed by atoms with Gasteiger partial charge in [-0.25, -0.2) is 0 Å². The van der Waals surface area contributed by atoms with Crippen LogP contribution in [-0.4, -0.2) is 24.5 Å². The Hall–Kier alpha value is -1.16. The summed E-state index contributed by atoms with van der Waals surface area (Å²) in [5.74, 6) is 0.0584. The van der Waals surface area contributed by atoms with Crippen molar-refractivity contribution in [1.29, 1.82) is 0 Å². The van der Waals surface area contributed by atoms with E-state index < -0.39 is 0 Å². The molecule has 56 valence electrons. The molecule has 2 radical (unpaired) electrons. The lowest BCUT2D eigenvalue weighted by Crippen LogP contribution is -2.41. The molecule has 0 saturated carbocycles. The van der Waals surface area contributed by atoms with Crippen LogP contribution >= 0.6 is 0 Å². The van der Waals surface area contributed by atoms with Crippen molar-refractivity contribution in [3.8, 4) is 0 Å². The van der Waals surface area contributed by atoms with Gasteiger partial charge in [0.05, 0.1) is 0 Å². The van der Waals surface area contributed by atoms with E-state index in [2.05, 4.69) is 11.2 Å². The van der Waals surface area contributed by atoms with Gasteiger partial charge in [0.25, 0.3) is 0 Å². The molecule has 0 amide bonds. The Morgan fingerprint density at radius 2 is 2.64 bits per heavy atom. The van der Waals surface area contributed by atoms with Crippen molar-refractivity contribution in [2.24, 2.45) is 4.99 Å². The lowest BCUT2D eigenvalue weighted by atomic mass is 10.4. The largest absolute Gasteiger partial charge is 0.327 e. The molecular formula is C7H7FN3+. The Kier molecular flexibility index (Phi) is 1.29. The van der Waals surface area contributed by atoms with E-state index in [-0.39, 0.29) is 5.83 Å². The molecule has 0 aromatic carbocycles. The van der Waals surface area contributed by atoms with Crippen molar-refractivity contribution < 1.29 is 4.39 Å². The first kappa shape index (κ1) is 6.54. The molecule has 2 aliphatic rings. The van der Waals surface area contributed by atoms with Crippen LogP contribution in [0.15, 0.2) is 23.2 Å². The Morgan fingerprint density at radius 3 is 3.45 bits per heavy atom. The minimum atomic E-state index is -0.306. The van der Waals surface area contributed by atoms with E-state index in [9.17, 15) is 4.39 Å². The highest BCUT2D eigenvalue weighted by Crippen LogP contribution is 2.14. The van der Waals surface area contributed by atoms with Crippen LogP contribution in [0, 0.1) is 6.20 Å². The van der Waals surface area contributed by atoms with Crippen molar-refractivity contribution in [2.75, 3.05) is 13.7 Å². The standard InChI is InChI=1S/C7H7FN3/c1-10-4-6(8)7-9-2-3-11(7)5-10/h3-4H,5H2,1H3/q+1. The maximum absolute atomic E-state index is 13.0. The van der Waals surface area contributed by atoms with Crippen LogP contribution in [0.4, 0.5) is 4.39 Å². The number of halogens is 1. The van der Waals surface area contributed by atoms with E-state index in [1.54, 1.807) is 16.0 Å². The Balaban J connectivity index is 2.34. The number of nitrogens with zero attached hydrogens (tertiary/aromatic N) is 3. The second kappa shape index (κ2) is 2.17. The maximum atomic E-state index is 13.0. The summed E-state index contributed by atoms with van der Waals surface area (Å²) >= 11 is 0. The van der Waals surface area contributed by atoms with Crippen molar-refractivity contribution in [1.82, 2.24) is 9.80 Å². The van der Waals surface area contributed by atoms with Crippen LogP contribution in [-0.2, 0) is 0 Å². The van der Waals surface area contributed by atoms with Gasteiger partial charge in [0.2, 0.25) is 12.5 Å². The summed E-state index contributed by atoms with van der Waals surface area (Å²) in [5.41, 5.74) is 0. The molecule has 3 nitrogen and oxygen atoms in total. The number of rotatable bonds is 0. The summed E-state index contributed by atoms with van der Waals surface area (Å²) in [7, 11) is 1.81. The summed E-state index contributed by atoms with van der Waals surface area (Å²) in [5, 5.41) is 0. The van der Waals surface area contributed by atoms with Gasteiger partial charge in [-0.05, 0) is 0 Å². The summed E-state index contributed by atoms with van der Waals surface area (Å²) < 4.78 is 13.0. The Labute approximate surface area is 64.1 Å². The normalized spacial score (nSPS) is 23.3. The van der Waals surface area contributed by atoms with Gasteiger partial charge in [0.15, 0.2) is 12.4 Å². The van der Waals surface area contributed by atoms with Crippen molar-refractivity contribution in [3.05, 3.63) is 24.4 Å². The first-order valence-corrected chi connectivity index (χ1v) is 3.28. The van der Waals surface area contributed by atoms with Crippen LogP contribution in [0.5, 0.6) is 0 Å². The molecule has 0 aliphatic carbocycles. The van der Waals surface area contributed by atoms with Gasteiger partial charge in [-0.3, -0.25) is 0 Å². The SMILES string of the molecule is CN1C=C(F)C2=N[C]=C[N+]2C1. The molecule has 2 heterocycles. The van der Waals surface area contributed by atoms with Gasteiger partial charge in [-0.2, -0.15) is 9.38 Å². The number of aliphatic imine (C=N–C) groups is 1. The average molecular weight is 152 g/mol. The van der Waals surface area contributed by atoms with Crippen LogP contribution in [0.2, 0.25) is 0 Å². The zero-order valence-corrected chi connectivity index (χ0v) is 6.08. The molecule has 0 atom stereocenters. The smallest absolute Gasteiger partial charge is 0.322 e. The summed E-state index contributed by atoms with van der Waals surface area (Å²) in [4.78, 5) is 7.19. The van der Waals surface area contributed by atoms with Gasteiger partial charge < -0.3 is 4.90 Å². The highest BCUT2D eigenvalue weighted by molar-refractivity contribution is 6.00. The van der Waals surface area contributed by atoms with E-state index in [1.807, 2.05) is 7.05 Å². The van der Waals surface area contributed by atoms with E-state index in [1.165, 1.54) is 6.20 Å². The quantitative estimate of drug-likeness (QED) is 0.464. The lowest BCUT2D eigenvalue weighted by molar-refractivity contribution is 0.371. The second-order valence-corrected chi connectivity index (χ2v) is 2.54. The molecule has 11 heavy (non-hydrogen) atoms. The molecule has 0 saturated heterocycles. The number of hydrogen-bond acceptors (Lipinski definition) is 3. The summed E-state index contributed by atoms with van der Waals surface area (Å²) in [6.07, 6.45) is 5.66. The number of hydrogen-bond donors (Lipinski definition) is 0. The van der Waals surface area contributed by atoms with Crippen LogP contribution in [0.25, 0.3) is 0 Å². The zero-order chi connectivity index (χ0) is 7.84. The predicted molar refractivity (Wildman–Crippen MR) is 39.2 cm³/mol. The first-order chi connectivity index (χ1) is 5.27. The molecule has 2 rings (SSSR count). The maximum Gasteiger partial charge on any atom is 0.322 e. The van der Waals surface area contributed by atoms with E-state index in [0.717, 1.165) is 0 Å².